The van der Waals surface area contributed by atoms with Crippen LogP contribution in [0.4, 0.5) is 5.69 Å². The fourth-order valence-corrected chi connectivity index (χ4v) is 1.05. The van der Waals surface area contributed by atoms with Crippen molar-refractivity contribution in [3.8, 4) is 5.75 Å². The first kappa shape index (κ1) is 10.4. The predicted molar refractivity (Wildman–Crippen MR) is 48.8 cm³/mol. The second-order valence-corrected chi connectivity index (χ2v) is 2.79. The normalized spacial score (nSPS) is 12.4. The summed E-state index contributed by atoms with van der Waals surface area (Å²) in [7, 11) is 0. The van der Waals surface area contributed by atoms with Crippen molar-refractivity contribution in [1.29, 1.82) is 0 Å². The average molecular weight is 198 g/mol. The van der Waals surface area contributed by atoms with Crippen LogP contribution < -0.4 is 5.73 Å². The SMILES string of the molecule is N[C@@H](CO)c1cc([N+](=O)[O-])ccc1O. The monoisotopic (exact) mass is 198 g/mol. The summed E-state index contributed by atoms with van der Waals surface area (Å²) >= 11 is 0. The summed E-state index contributed by atoms with van der Waals surface area (Å²) in [6, 6.07) is 2.69. The molecule has 0 amide bonds. The molecule has 0 aromatic heterocycles. The van der Waals surface area contributed by atoms with Crippen LogP contribution in [0, 0.1) is 10.1 Å². The molecule has 0 fully saturated rings. The Kier molecular flexibility index (Phi) is 3.00. The highest BCUT2D eigenvalue weighted by molar-refractivity contribution is 5.44. The number of nitro benzene ring substituents is 1. The molecule has 0 unspecified atom stereocenters. The molecule has 0 heterocycles. The Balaban J connectivity index is 3.14. The minimum atomic E-state index is -0.810. The Bertz CT molecular complexity index is 353. The van der Waals surface area contributed by atoms with Crippen molar-refractivity contribution in [2.75, 3.05) is 6.61 Å². The molecule has 1 aromatic rings. The largest absolute Gasteiger partial charge is 0.508 e. The summed E-state index contributed by atoms with van der Waals surface area (Å²) in [4.78, 5) is 9.81. The van der Waals surface area contributed by atoms with Crippen LogP contribution >= 0.6 is 0 Å². The molecule has 76 valence electrons. The zero-order chi connectivity index (χ0) is 10.7. The minimum absolute atomic E-state index is 0.155. The molecule has 0 saturated carbocycles. The Morgan fingerprint density at radius 1 is 1.57 bits per heavy atom. The predicted octanol–water partition coefficient (Wildman–Crippen LogP) is 0.292. The third kappa shape index (κ3) is 1.98. The molecule has 1 aromatic carbocycles. The highest BCUT2D eigenvalue weighted by Gasteiger charge is 2.14. The van der Waals surface area contributed by atoms with Gasteiger partial charge in [-0.05, 0) is 6.07 Å². The number of phenols is 1. The Morgan fingerprint density at radius 3 is 2.71 bits per heavy atom. The van der Waals surface area contributed by atoms with E-state index < -0.39 is 11.0 Å². The van der Waals surface area contributed by atoms with Crippen LogP contribution in [0.5, 0.6) is 5.75 Å². The van der Waals surface area contributed by atoms with Gasteiger partial charge in [-0.3, -0.25) is 10.1 Å². The maximum atomic E-state index is 10.4. The van der Waals surface area contributed by atoms with Gasteiger partial charge in [0.15, 0.2) is 0 Å². The molecule has 14 heavy (non-hydrogen) atoms. The van der Waals surface area contributed by atoms with Crippen molar-refractivity contribution in [1.82, 2.24) is 0 Å². The second kappa shape index (κ2) is 4.03. The topological polar surface area (TPSA) is 110 Å². The quantitative estimate of drug-likeness (QED) is 0.477. The molecular formula is C8H10N2O4. The third-order valence-corrected chi connectivity index (χ3v) is 1.82. The standard InChI is InChI=1S/C8H10N2O4/c9-7(4-11)6-3-5(10(13)14)1-2-8(6)12/h1-3,7,11-12H,4,9H2/t7-/m0/s1. The van der Waals surface area contributed by atoms with Gasteiger partial charge >= 0.3 is 0 Å². The van der Waals surface area contributed by atoms with Gasteiger partial charge in [0.2, 0.25) is 0 Å². The van der Waals surface area contributed by atoms with Crippen molar-refractivity contribution in [3.05, 3.63) is 33.9 Å². The smallest absolute Gasteiger partial charge is 0.270 e. The van der Waals surface area contributed by atoms with Gasteiger partial charge in [0, 0.05) is 17.7 Å². The lowest BCUT2D eigenvalue weighted by Crippen LogP contribution is -2.14. The minimum Gasteiger partial charge on any atom is -0.508 e. The number of phenolic OH excluding ortho intramolecular Hbond substituents is 1. The van der Waals surface area contributed by atoms with Gasteiger partial charge in [-0.25, -0.2) is 0 Å². The molecule has 4 N–H and O–H groups in total. The van der Waals surface area contributed by atoms with E-state index in [-0.39, 0.29) is 23.6 Å². The van der Waals surface area contributed by atoms with Gasteiger partial charge in [0.25, 0.3) is 5.69 Å². The van der Waals surface area contributed by atoms with Crippen LogP contribution in [0.2, 0.25) is 0 Å². The van der Waals surface area contributed by atoms with Crippen LogP contribution in [0.3, 0.4) is 0 Å². The molecule has 0 aliphatic rings. The lowest BCUT2D eigenvalue weighted by molar-refractivity contribution is -0.385. The van der Waals surface area contributed by atoms with E-state index in [1.807, 2.05) is 0 Å². The number of aliphatic hydroxyl groups is 1. The maximum Gasteiger partial charge on any atom is 0.270 e. The summed E-state index contributed by atoms with van der Waals surface area (Å²) in [5, 5.41) is 28.4. The molecule has 6 heteroatoms. The van der Waals surface area contributed by atoms with Gasteiger partial charge in [-0.1, -0.05) is 0 Å². The Labute approximate surface area is 79.7 Å². The average Bonchev–Trinajstić information content (AvgIpc) is 2.17. The van der Waals surface area contributed by atoms with Gasteiger partial charge in [-0.2, -0.15) is 0 Å². The van der Waals surface area contributed by atoms with Crippen molar-refractivity contribution in [3.63, 3.8) is 0 Å². The lowest BCUT2D eigenvalue weighted by atomic mass is 10.1. The first-order chi connectivity index (χ1) is 6.56. The van der Waals surface area contributed by atoms with Crippen molar-refractivity contribution < 1.29 is 15.1 Å². The molecule has 6 nitrogen and oxygen atoms in total. The molecule has 1 atom stereocenters. The number of nitrogens with two attached hydrogens (primary N) is 1. The maximum absolute atomic E-state index is 10.4. The van der Waals surface area contributed by atoms with Gasteiger partial charge < -0.3 is 15.9 Å². The van der Waals surface area contributed by atoms with Gasteiger partial charge in [0.1, 0.15) is 5.75 Å². The molecule has 0 aliphatic heterocycles. The Hall–Kier alpha value is -1.66. The van der Waals surface area contributed by atoms with Gasteiger partial charge in [-0.15, -0.1) is 0 Å². The molecule has 0 saturated heterocycles. The zero-order valence-corrected chi connectivity index (χ0v) is 7.25. The summed E-state index contributed by atoms with van der Waals surface area (Å²) in [6.45, 7) is -0.380. The number of aliphatic hydroxyl groups excluding tert-OH is 1. The van der Waals surface area contributed by atoms with Crippen molar-refractivity contribution >= 4 is 5.69 Å². The van der Waals surface area contributed by atoms with E-state index in [0.29, 0.717) is 0 Å². The van der Waals surface area contributed by atoms with E-state index in [9.17, 15) is 15.2 Å². The molecular weight excluding hydrogens is 188 g/mol. The number of non-ortho nitro benzene ring substituents is 1. The van der Waals surface area contributed by atoms with E-state index in [4.69, 9.17) is 10.8 Å². The number of hydrogen-bond donors (Lipinski definition) is 3. The van der Waals surface area contributed by atoms with E-state index in [1.54, 1.807) is 0 Å². The number of nitrogens with zero attached hydrogens (tertiary/aromatic N) is 1. The third-order valence-electron chi connectivity index (χ3n) is 1.82. The number of benzene rings is 1. The van der Waals surface area contributed by atoms with E-state index in [2.05, 4.69) is 0 Å². The highest BCUT2D eigenvalue weighted by atomic mass is 16.6. The molecule has 1 rings (SSSR count). The fourth-order valence-electron chi connectivity index (χ4n) is 1.05. The summed E-state index contributed by atoms with van der Waals surface area (Å²) < 4.78 is 0. The molecule has 0 spiro atoms. The van der Waals surface area contributed by atoms with Crippen LogP contribution in [-0.4, -0.2) is 21.7 Å². The molecule has 0 bridgehead atoms. The van der Waals surface area contributed by atoms with E-state index in [0.717, 1.165) is 6.07 Å². The second-order valence-electron chi connectivity index (χ2n) is 2.79. The summed E-state index contributed by atoms with van der Waals surface area (Å²) in [5.74, 6) is -0.155. The number of hydrogen-bond acceptors (Lipinski definition) is 5. The highest BCUT2D eigenvalue weighted by Crippen LogP contribution is 2.26. The Morgan fingerprint density at radius 2 is 2.21 bits per heavy atom. The molecule has 0 radical (unpaired) electrons. The first-order valence-corrected chi connectivity index (χ1v) is 3.90. The lowest BCUT2D eigenvalue weighted by Gasteiger charge is -2.09. The number of rotatable bonds is 3. The van der Waals surface area contributed by atoms with E-state index >= 15 is 0 Å². The summed E-state index contributed by atoms with van der Waals surface area (Å²) in [5.41, 5.74) is 5.43. The summed E-state index contributed by atoms with van der Waals surface area (Å²) in [6.07, 6.45) is 0. The molecule has 0 aliphatic carbocycles. The van der Waals surface area contributed by atoms with Crippen LogP contribution in [-0.2, 0) is 0 Å². The van der Waals surface area contributed by atoms with Crippen molar-refractivity contribution in [2.45, 2.75) is 6.04 Å². The zero-order valence-electron chi connectivity index (χ0n) is 7.25. The first-order valence-electron chi connectivity index (χ1n) is 3.90. The van der Waals surface area contributed by atoms with Crippen LogP contribution in [0.1, 0.15) is 11.6 Å². The van der Waals surface area contributed by atoms with Gasteiger partial charge in [0.05, 0.1) is 17.6 Å². The van der Waals surface area contributed by atoms with Crippen LogP contribution in [0.15, 0.2) is 18.2 Å². The fraction of sp³-hybridized carbons (Fsp3) is 0.250. The number of aromatic hydroxyl groups is 1. The number of nitro groups is 1. The van der Waals surface area contributed by atoms with Crippen molar-refractivity contribution in [2.24, 2.45) is 5.73 Å². The van der Waals surface area contributed by atoms with E-state index in [1.165, 1.54) is 12.1 Å². The van der Waals surface area contributed by atoms with Crippen LogP contribution in [0.25, 0.3) is 0 Å².